The average molecular weight is 373 g/mol. The van der Waals surface area contributed by atoms with E-state index in [-0.39, 0.29) is 0 Å². The molecule has 0 aromatic heterocycles. The summed E-state index contributed by atoms with van der Waals surface area (Å²) in [5.41, 5.74) is 0. The summed E-state index contributed by atoms with van der Waals surface area (Å²) in [6.45, 7) is 2.51. The number of hydrogen-bond donors (Lipinski definition) is 1. The first kappa shape index (κ1) is 23.3. The summed E-state index contributed by atoms with van der Waals surface area (Å²) in [5, 5.41) is 0. The van der Waals surface area contributed by atoms with E-state index in [0.29, 0.717) is 5.94 Å². The lowest BCUT2D eigenvalue weighted by molar-refractivity contribution is 0.0967. The lowest BCUT2D eigenvalue weighted by Crippen LogP contribution is -2.05. The molecule has 0 aliphatic heterocycles. The van der Waals surface area contributed by atoms with Gasteiger partial charge in [-0.3, -0.25) is 0 Å². The van der Waals surface area contributed by atoms with E-state index >= 15 is 0 Å². The Morgan fingerprint density at radius 1 is 0.560 bits per heavy atom. The maximum atomic E-state index is 5.60. The van der Waals surface area contributed by atoms with Crippen molar-refractivity contribution in [3.63, 3.8) is 0 Å². The van der Waals surface area contributed by atoms with Crippen molar-refractivity contribution >= 4 is 12.6 Å². The van der Waals surface area contributed by atoms with Crippen molar-refractivity contribution in [3.8, 4) is 0 Å². The fraction of sp³-hybridized carbons (Fsp3) is 1.00. The number of thiol groups is 1. The molecular weight excluding hydrogens is 328 g/mol. The van der Waals surface area contributed by atoms with E-state index in [0.717, 1.165) is 32.2 Å². The van der Waals surface area contributed by atoms with Gasteiger partial charge >= 0.3 is 0 Å². The zero-order chi connectivity index (χ0) is 17.8. The molecule has 0 atom stereocenters. The molecule has 0 heterocycles. The Bertz CT molecular complexity index is 254. The molecule has 0 aromatic carbocycles. The molecule has 1 fully saturated rings. The Labute approximate surface area is 163 Å². The summed E-state index contributed by atoms with van der Waals surface area (Å²) in [6, 6.07) is 0. The fourth-order valence-corrected chi connectivity index (χ4v) is 4.09. The topological polar surface area (TPSA) is 18.5 Å². The highest BCUT2D eigenvalue weighted by molar-refractivity contribution is 7.80. The van der Waals surface area contributed by atoms with Crippen molar-refractivity contribution in [2.45, 2.75) is 109 Å². The Morgan fingerprint density at radius 2 is 1.08 bits per heavy atom. The summed E-state index contributed by atoms with van der Waals surface area (Å²) in [6.07, 6.45) is 24.2. The predicted molar refractivity (Wildman–Crippen MR) is 113 cm³/mol. The molecule has 0 saturated heterocycles. The van der Waals surface area contributed by atoms with E-state index in [2.05, 4.69) is 12.6 Å². The van der Waals surface area contributed by atoms with Gasteiger partial charge < -0.3 is 9.47 Å². The lowest BCUT2D eigenvalue weighted by Gasteiger charge is -2.21. The van der Waals surface area contributed by atoms with Crippen LogP contribution >= 0.6 is 12.6 Å². The van der Waals surface area contributed by atoms with Crippen LogP contribution in [0.4, 0.5) is 0 Å². The third kappa shape index (κ3) is 16.2. The van der Waals surface area contributed by atoms with Crippen molar-refractivity contribution in [2.75, 3.05) is 25.8 Å². The maximum Gasteiger partial charge on any atom is 0.0892 e. The van der Waals surface area contributed by atoms with Gasteiger partial charge in [-0.15, -0.1) is 0 Å². The van der Waals surface area contributed by atoms with E-state index in [4.69, 9.17) is 9.47 Å². The van der Waals surface area contributed by atoms with Crippen molar-refractivity contribution in [3.05, 3.63) is 0 Å². The van der Waals surface area contributed by atoms with Gasteiger partial charge in [-0.05, 0) is 18.8 Å². The van der Waals surface area contributed by atoms with Gasteiger partial charge in [0.05, 0.1) is 5.94 Å². The van der Waals surface area contributed by atoms with Crippen LogP contribution in [-0.2, 0) is 9.47 Å². The second-order valence-corrected chi connectivity index (χ2v) is 8.09. The van der Waals surface area contributed by atoms with E-state index in [1.54, 1.807) is 0 Å². The van der Waals surface area contributed by atoms with Gasteiger partial charge in [0, 0.05) is 19.8 Å². The SMILES string of the molecule is SCOCCCOCCCCCCCCCCCCC1CCCCC1. The Hall–Kier alpha value is 0.270. The van der Waals surface area contributed by atoms with E-state index < -0.39 is 0 Å². The number of hydrogen-bond acceptors (Lipinski definition) is 3. The quantitative estimate of drug-likeness (QED) is 0.156. The van der Waals surface area contributed by atoms with Crippen molar-refractivity contribution in [1.29, 1.82) is 0 Å². The van der Waals surface area contributed by atoms with E-state index in [9.17, 15) is 0 Å². The summed E-state index contributed by atoms with van der Waals surface area (Å²) in [7, 11) is 0. The van der Waals surface area contributed by atoms with Gasteiger partial charge in [-0.2, -0.15) is 12.6 Å². The fourth-order valence-electron chi connectivity index (χ4n) is 3.96. The van der Waals surface area contributed by atoms with Gasteiger partial charge in [0.1, 0.15) is 0 Å². The molecule has 0 N–H and O–H groups in total. The normalized spacial score (nSPS) is 15.7. The van der Waals surface area contributed by atoms with Crippen molar-refractivity contribution < 1.29 is 9.47 Å². The largest absolute Gasteiger partial charge is 0.381 e. The van der Waals surface area contributed by atoms with Crippen LogP contribution < -0.4 is 0 Å². The molecule has 25 heavy (non-hydrogen) atoms. The standard InChI is InChI=1S/C22H44O2S/c25-21-24-20-14-19-23-18-13-8-6-4-2-1-3-5-7-10-15-22-16-11-9-12-17-22/h22,25H,1-21H2. The molecule has 150 valence electrons. The van der Waals surface area contributed by atoms with Crippen LogP contribution in [0, 0.1) is 5.92 Å². The molecule has 1 aliphatic rings. The van der Waals surface area contributed by atoms with Gasteiger partial charge in [-0.25, -0.2) is 0 Å². The lowest BCUT2D eigenvalue weighted by atomic mass is 9.85. The first-order valence-corrected chi connectivity index (χ1v) is 11.8. The Morgan fingerprint density at radius 3 is 1.72 bits per heavy atom. The molecule has 0 bridgehead atoms. The molecule has 0 radical (unpaired) electrons. The van der Waals surface area contributed by atoms with Crippen LogP contribution in [0.3, 0.4) is 0 Å². The zero-order valence-electron chi connectivity index (χ0n) is 16.7. The van der Waals surface area contributed by atoms with Crippen molar-refractivity contribution in [2.24, 2.45) is 5.92 Å². The first-order valence-electron chi connectivity index (χ1n) is 11.2. The van der Waals surface area contributed by atoms with Crippen LogP contribution in [0.5, 0.6) is 0 Å². The Balaban J connectivity index is 1.65. The van der Waals surface area contributed by atoms with Crippen molar-refractivity contribution in [1.82, 2.24) is 0 Å². The van der Waals surface area contributed by atoms with Crippen LogP contribution in [0.2, 0.25) is 0 Å². The van der Waals surface area contributed by atoms with Gasteiger partial charge in [-0.1, -0.05) is 96.3 Å². The summed E-state index contributed by atoms with van der Waals surface area (Å²) < 4.78 is 10.8. The molecule has 0 unspecified atom stereocenters. The highest BCUT2D eigenvalue weighted by atomic mass is 32.1. The summed E-state index contributed by atoms with van der Waals surface area (Å²) in [5.74, 6) is 1.60. The molecule has 0 aromatic rings. The van der Waals surface area contributed by atoms with E-state index in [1.165, 1.54) is 103 Å². The molecule has 0 amide bonds. The molecule has 1 aliphatic carbocycles. The minimum atomic E-state index is 0.514. The monoisotopic (exact) mass is 372 g/mol. The second kappa shape index (κ2) is 19.0. The van der Waals surface area contributed by atoms with Crippen LogP contribution in [0.15, 0.2) is 0 Å². The minimum Gasteiger partial charge on any atom is -0.381 e. The van der Waals surface area contributed by atoms with Crippen LogP contribution in [-0.4, -0.2) is 25.8 Å². The Kier molecular flexibility index (Phi) is 17.8. The molecule has 0 spiro atoms. The predicted octanol–water partition coefficient (Wildman–Crippen LogP) is 7.17. The highest BCUT2D eigenvalue weighted by Gasteiger charge is 2.12. The number of rotatable bonds is 18. The summed E-state index contributed by atoms with van der Waals surface area (Å²) >= 11 is 4.00. The third-order valence-electron chi connectivity index (χ3n) is 5.54. The van der Waals surface area contributed by atoms with Crippen LogP contribution in [0.25, 0.3) is 0 Å². The first-order chi connectivity index (χ1) is 12.4. The maximum absolute atomic E-state index is 5.60. The smallest absolute Gasteiger partial charge is 0.0892 e. The number of unbranched alkanes of at least 4 members (excludes halogenated alkanes) is 9. The zero-order valence-corrected chi connectivity index (χ0v) is 17.6. The average Bonchev–Trinajstić information content (AvgIpc) is 2.65. The third-order valence-corrected chi connectivity index (χ3v) is 5.73. The molecule has 3 heteroatoms. The molecular formula is C22H44O2S. The van der Waals surface area contributed by atoms with Gasteiger partial charge in [0.15, 0.2) is 0 Å². The van der Waals surface area contributed by atoms with Gasteiger partial charge in [0.2, 0.25) is 0 Å². The highest BCUT2D eigenvalue weighted by Crippen LogP contribution is 2.28. The van der Waals surface area contributed by atoms with Gasteiger partial charge in [0.25, 0.3) is 0 Å². The minimum absolute atomic E-state index is 0.514. The number of ether oxygens (including phenoxy) is 2. The summed E-state index contributed by atoms with van der Waals surface area (Å²) in [4.78, 5) is 0. The molecule has 2 nitrogen and oxygen atoms in total. The van der Waals surface area contributed by atoms with Crippen LogP contribution in [0.1, 0.15) is 109 Å². The second-order valence-electron chi connectivity index (χ2n) is 7.83. The molecule has 1 rings (SSSR count). The van der Waals surface area contributed by atoms with E-state index in [1.807, 2.05) is 0 Å². The molecule has 1 saturated carbocycles.